The predicted octanol–water partition coefficient (Wildman–Crippen LogP) is 3.01. The summed E-state index contributed by atoms with van der Waals surface area (Å²) < 4.78 is 0. The average molecular weight is 373 g/mol. The lowest BCUT2D eigenvalue weighted by Crippen LogP contribution is -2.27. The Morgan fingerprint density at radius 2 is 1.63 bits per heavy atom. The van der Waals surface area contributed by atoms with Gasteiger partial charge in [0.15, 0.2) is 5.78 Å². The minimum absolute atomic E-state index is 0.0299. The Labute approximate surface area is 162 Å². The number of amides is 2. The lowest BCUT2D eigenvalue weighted by Gasteiger charge is -2.17. The standard InChI is InChI=1S/C21H31N3O3/c1-5-24(6-2)14-8-7-13-22-20(26)15-16(3)21(27)23-19-11-9-18(10-12-19)17(4)25/h9-12,15H,5-8,13-14H2,1-4H3,(H,22,26)(H,23,27)/b16-15-. The van der Waals surface area contributed by atoms with Crippen LogP contribution in [0.1, 0.15) is 50.9 Å². The first-order valence-corrected chi connectivity index (χ1v) is 9.48. The van der Waals surface area contributed by atoms with Gasteiger partial charge in [0.05, 0.1) is 0 Å². The summed E-state index contributed by atoms with van der Waals surface area (Å²) in [5, 5.41) is 5.52. The Morgan fingerprint density at radius 3 is 2.19 bits per heavy atom. The van der Waals surface area contributed by atoms with Crippen molar-refractivity contribution in [1.82, 2.24) is 10.2 Å². The van der Waals surface area contributed by atoms with Crippen LogP contribution in [0, 0.1) is 0 Å². The minimum Gasteiger partial charge on any atom is -0.353 e. The lowest BCUT2D eigenvalue weighted by molar-refractivity contribution is -0.117. The van der Waals surface area contributed by atoms with Crippen LogP contribution in [0.2, 0.25) is 0 Å². The monoisotopic (exact) mass is 373 g/mol. The molecule has 0 radical (unpaired) electrons. The van der Waals surface area contributed by atoms with Gasteiger partial charge in [-0.1, -0.05) is 13.8 Å². The minimum atomic E-state index is -0.345. The molecule has 1 rings (SSSR count). The lowest BCUT2D eigenvalue weighted by atomic mass is 10.1. The number of benzene rings is 1. The maximum Gasteiger partial charge on any atom is 0.251 e. The third-order valence-corrected chi connectivity index (χ3v) is 4.35. The van der Waals surface area contributed by atoms with Crippen molar-refractivity contribution >= 4 is 23.3 Å². The van der Waals surface area contributed by atoms with E-state index >= 15 is 0 Å². The zero-order valence-corrected chi connectivity index (χ0v) is 16.8. The van der Waals surface area contributed by atoms with E-state index in [1.807, 2.05) is 0 Å². The van der Waals surface area contributed by atoms with E-state index in [1.165, 1.54) is 13.0 Å². The Bertz CT molecular complexity index is 662. The van der Waals surface area contributed by atoms with E-state index in [-0.39, 0.29) is 17.6 Å². The molecule has 0 saturated heterocycles. The van der Waals surface area contributed by atoms with Gasteiger partial charge < -0.3 is 15.5 Å². The Morgan fingerprint density at radius 1 is 1.00 bits per heavy atom. The van der Waals surface area contributed by atoms with Gasteiger partial charge in [0.2, 0.25) is 5.91 Å². The summed E-state index contributed by atoms with van der Waals surface area (Å²) in [6.07, 6.45) is 3.24. The molecule has 0 heterocycles. The highest BCUT2D eigenvalue weighted by molar-refractivity contribution is 6.07. The third kappa shape index (κ3) is 8.64. The number of hydrogen-bond acceptors (Lipinski definition) is 4. The second-order valence-corrected chi connectivity index (χ2v) is 6.44. The van der Waals surface area contributed by atoms with Gasteiger partial charge in [-0.05, 0) is 70.6 Å². The first kappa shape index (κ1) is 22.6. The highest BCUT2D eigenvalue weighted by Crippen LogP contribution is 2.11. The topological polar surface area (TPSA) is 78.5 Å². The third-order valence-electron chi connectivity index (χ3n) is 4.35. The second kappa shape index (κ2) is 12.0. The van der Waals surface area contributed by atoms with E-state index in [1.54, 1.807) is 31.2 Å². The van der Waals surface area contributed by atoms with Crippen LogP contribution in [0.4, 0.5) is 5.69 Å². The molecule has 0 aliphatic heterocycles. The summed E-state index contributed by atoms with van der Waals surface area (Å²) in [5.41, 5.74) is 1.49. The zero-order chi connectivity index (χ0) is 20.2. The largest absolute Gasteiger partial charge is 0.353 e. The zero-order valence-electron chi connectivity index (χ0n) is 16.8. The number of hydrogen-bond donors (Lipinski definition) is 2. The molecule has 0 aromatic heterocycles. The Balaban J connectivity index is 2.39. The number of ketones is 1. The van der Waals surface area contributed by atoms with E-state index in [4.69, 9.17) is 0 Å². The highest BCUT2D eigenvalue weighted by Gasteiger charge is 2.08. The van der Waals surface area contributed by atoms with Crippen LogP contribution in [-0.2, 0) is 9.59 Å². The van der Waals surface area contributed by atoms with E-state index in [0.717, 1.165) is 32.5 Å². The normalized spacial score (nSPS) is 11.4. The van der Waals surface area contributed by atoms with Crippen molar-refractivity contribution in [3.8, 4) is 0 Å². The molecule has 148 valence electrons. The molecule has 1 aromatic rings. The fourth-order valence-corrected chi connectivity index (χ4v) is 2.54. The molecule has 0 aliphatic carbocycles. The molecule has 0 unspecified atom stereocenters. The molecule has 0 aliphatic rings. The summed E-state index contributed by atoms with van der Waals surface area (Å²) in [5.74, 6) is -0.641. The fraction of sp³-hybridized carbons (Fsp3) is 0.476. The van der Waals surface area contributed by atoms with Crippen LogP contribution < -0.4 is 10.6 Å². The van der Waals surface area contributed by atoms with Gasteiger partial charge in [-0.15, -0.1) is 0 Å². The van der Waals surface area contributed by atoms with E-state index in [0.29, 0.717) is 23.4 Å². The van der Waals surface area contributed by atoms with Crippen molar-refractivity contribution in [1.29, 1.82) is 0 Å². The molecule has 0 saturated carbocycles. The number of carbonyl (C=O) groups excluding carboxylic acids is 3. The average Bonchev–Trinajstić information content (AvgIpc) is 2.65. The predicted molar refractivity (Wildman–Crippen MR) is 109 cm³/mol. The molecule has 0 atom stereocenters. The molecule has 0 bridgehead atoms. The van der Waals surface area contributed by atoms with E-state index < -0.39 is 0 Å². The van der Waals surface area contributed by atoms with Crippen LogP contribution in [0.15, 0.2) is 35.9 Å². The Kier molecular flexibility index (Phi) is 10.0. The quantitative estimate of drug-likeness (QED) is 0.355. The molecule has 6 heteroatoms. The number of nitrogens with one attached hydrogen (secondary N) is 2. The molecular formula is C21H31N3O3. The Hall–Kier alpha value is -2.47. The summed E-state index contributed by atoms with van der Waals surface area (Å²) in [7, 11) is 0. The number of Topliss-reactive ketones (excluding diaryl/α,β-unsaturated/α-hetero) is 1. The molecule has 1 aromatic carbocycles. The molecule has 2 amide bonds. The smallest absolute Gasteiger partial charge is 0.251 e. The van der Waals surface area contributed by atoms with Crippen molar-refractivity contribution in [3.05, 3.63) is 41.5 Å². The van der Waals surface area contributed by atoms with Gasteiger partial charge in [-0.2, -0.15) is 0 Å². The van der Waals surface area contributed by atoms with Crippen LogP contribution in [0.3, 0.4) is 0 Å². The number of unbranched alkanes of at least 4 members (excludes halogenated alkanes) is 1. The molecule has 0 spiro atoms. The van der Waals surface area contributed by atoms with Gasteiger partial charge in [-0.3, -0.25) is 14.4 Å². The van der Waals surface area contributed by atoms with Gasteiger partial charge >= 0.3 is 0 Å². The summed E-state index contributed by atoms with van der Waals surface area (Å²) in [4.78, 5) is 37.7. The van der Waals surface area contributed by atoms with Crippen molar-refractivity contribution in [3.63, 3.8) is 0 Å². The first-order valence-electron chi connectivity index (χ1n) is 9.48. The van der Waals surface area contributed by atoms with Crippen molar-refractivity contribution in [2.24, 2.45) is 0 Å². The first-order chi connectivity index (χ1) is 12.9. The van der Waals surface area contributed by atoms with Gasteiger partial charge in [-0.25, -0.2) is 0 Å². The summed E-state index contributed by atoms with van der Waals surface area (Å²) in [6, 6.07) is 6.64. The van der Waals surface area contributed by atoms with Crippen molar-refractivity contribution < 1.29 is 14.4 Å². The van der Waals surface area contributed by atoms with Crippen LogP contribution >= 0.6 is 0 Å². The second-order valence-electron chi connectivity index (χ2n) is 6.44. The molecule has 2 N–H and O–H groups in total. The van der Waals surface area contributed by atoms with E-state index in [9.17, 15) is 14.4 Å². The van der Waals surface area contributed by atoms with Crippen molar-refractivity contribution in [2.45, 2.75) is 40.5 Å². The highest BCUT2D eigenvalue weighted by atomic mass is 16.2. The number of nitrogens with zero attached hydrogens (tertiary/aromatic N) is 1. The van der Waals surface area contributed by atoms with Gasteiger partial charge in [0, 0.05) is 29.4 Å². The van der Waals surface area contributed by atoms with Gasteiger partial charge in [0.1, 0.15) is 0 Å². The van der Waals surface area contributed by atoms with E-state index in [2.05, 4.69) is 29.4 Å². The molecule has 27 heavy (non-hydrogen) atoms. The number of anilines is 1. The number of rotatable bonds is 11. The van der Waals surface area contributed by atoms with Crippen LogP contribution in [0.25, 0.3) is 0 Å². The molecular weight excluding hydrogens is 342 g/mol. The maximum atomic E-state index is 12.2. The van der Waals surface area contributed by atoms with Crippen LogP contribution in [0.5, 0.6) is 0 Å². The van der Waals surface area contributed by atoms with Gasteiger partial charge in [0.25, 0.3) is 5.91 Å². The molecule has 6 nitrogen and oxygen atoms in total. The van der Waals surface area contributed by atoms with Crippen molar-refractivity contribution in [2.75, 3.05) is 31.5 Å². The SMILES string of the molecule is CCN(CC)CCCCNC(=O)/C=C(/C)C(=O)Nc1ccc(C(C)=O)cc1. The molecule has 0 fully saturated rings. The summed E-state index contributed by atoms with van der Waals surface area (Å²) >= 11 is 0. The number of carbonyl (C=O) groups is 3. The summed E-state index contributed by atoms with van der Waals surface area (Å²) in [6.45, 7) is 11.1. The fourth-order valence-electron chi connectivity index (χ4n) is 2.54. The van der Waals surface area contributed by atoms with Crippen LogP contribution in [-0.4, -0.2) is 48.7 Å². The maximum absolute atomic E-state index is 12.2.